The zero-order valence-corrected chi connectivity index (χ0v) is 15.7. The quantitative estimate of drug-likeness (QED) is 0.517. The summed E-state index contributed by atoms with van der Waals surface area (Å²) in [5.41, 5.74) is 1.79. The van der Waals surface area contributed by atoms with Gasteiger partial charge in [0.1, 0.15) is 23.3 Å². The monoisotopic (exact) mass is 389 g/mol. The molecule has 146 valence electrons. The van der Waals surface area contributed by atoms with Gasteiger partial charge in [-0.2, -0.15) is 0 Å². The zero-order valence-electron chi connectivity index (χ0n) is 15.7. The number of fused-ring (bicyclic) bond motifs is 1. The van der Waals surface area contributed by atoms with Crippen LogP contribution in [-0.4, -0.2) is 21.0 Å². The van der Waals surface area contributed by atoms with Gasteiger partial charge in [0.05, 0.1) is 6.04 Å². The van der Waals surface area contributed by atoms with Gasteiger partial charge >= 0.3 is 0 Å². The van der Waals surface area contributed by atoms with Crippen molar-refractivity contribution in [3.05, 3.63) is 84.2 Å². The number of pyridine rings is 1. The van der Waals surface area contributed by atoms with E-state index in [9.17, 15) is 9.90 Å². The third-order valence-electron chi connectivity index (χ3n) is 4.47. The number of aromatic hydroxyl groups is 1. The lowest BCUT2D eigenvalue weighted by atomic mass is 10.1. The Labute approximate surface area is 167 Å². The van der Waals surface area contributed by atoms with Crippen molar-refractivity contribution in [2.75, 3.05) is 0 Å². The molecule has 0 unspecified atom stereocenters. The molecule has 1 atom stereocenters. The molecule has 0 spiro atoms. The number of phenols is 1. The van der Waals surface area contributed by atoms with Crippen molar-refractivity contribution < 1.29 is 19.1 Å². The zero-order chi connectivity index (χ0) is 20.2. The molecule has 0 aliphatic carbocycles. The number of phenolic OH excluding ortho intramolecular Hbond substituents is 1. The van der Waals surface area contributed by atoms with Gasteiger partial charge in [0.15, 0.2) is 12.3 Å². The van der Waals surface area contributed by atoms with Crippen LogP contribution in [0.1, 0.15) is 34.9 Å². The highest BCUT2D eigenvalue weighted by Gasteiger charge is 2.16. The Morgan fingerprint density at radius 3 is 2.79 bits per heavy atom. The molecular formula is C22H19N3O4. The van der Waals surface area contributed by atoms with Crippen molar-refractivity contribution >= 4 is 16.8 Å². The summed E-state index contributed by atoms with van der Waals surface area (Å²) in [7, 11) is 0. The van der Waals surface area contributed by atoms with Crippen molar-refractivity contribution in [1.29, 1.82) is 0 Å². The number of aromatic nitrogens is 2. The molecule has 0 aliphatic rings. The third kappa shape index (κ3) is 4.19. The van der Waals surface area contributed by atoms with Gasteiger partial charge in [-0.3, -0.25) is 9.78 Å². The maximum absolute atomic E-state index is 12.4. The van der Waals surface area contributed by atoms with E-state index in [1.807, 2.05) is 37.3 Å². The van der Waals surface area contributed by atoms with Crippen LogP contribution < -0.4 is 10.1 Å². The van der Waals surface area contributed by atoms with Crippen LogP contribution in [0.25, 0.3) is 10.9 Å². The number of ether oxygens (including phenoxy) is 1. The first kappa shape index (κ1) is 18.5. The van der Waals surface area contributed by atoms with E-state index in [0.29, 0.717) is 11.6 Å². The number of nitrogens with zero attached hydrogens (tertiary/aromatic N) is 2. The molecule has 1 amide bonds. The Morgan fingerprint density at radius 2 is 1.97 bits per heavy atom. The van der Waals surface area contributed by atoms with Crippen LogP contribution in [0.2, 0.25) is 0 Å². The molecule has 0 saturated heterocycles. The van der Waals surface area contributed by atoms with Gasteiger partial charge in [-0.25, -0.2) is 4.98 Å². The smallest absolute Gasteiger partial charge is 0.273 e. The molecule has 29 heavy (non-hydrogen) atoms. The average molecular weight is 389 g/mol. The molecule has 0 saturated carbocycles. The number of hydrogen-bond donors (Lipinski definition) is 2. The molecule has 2 N–H and O–H groups in total. The van der Waals surface area contributed by atoms with E-state index in [4.69, 9.17) is 9.15 Å². The van der Waals surface area contributed by atoms with Crippen LogP contribution in [0.5, 0.6) is 11.5 Å². The van der Waals surface area contributed by atoms with Crippen LogP contribution in [0, 0.1) is 0 Å². The van der Waals surface area contributed by atoms with Crippen molar-refractivity contribution in [1.82, 2.24) is 15.3 Å². The number of hydrogen-bond acceptors (Lipinski definition) is 6. The van der Waals surface area contributed by atoms with Gasteiger partial charge in [0.25, 0.3) is 5.91 Å². The average Bonchev–Trinajstić information content (AvgIpc) is 3.22. The van der Waals surface area contributed by atoms with Gasteiger partial charge in [-0.1, -0.05) is 30.3 Å². The fourth-order valence-electron chi connectivity index (χ4n) is 2.93. The summed E-state index contributed by atoms with van der Waals surface area (Å²) in [6, 6.07) is 15.9. The highest BCUT2D eigenvalue weighted by molar-refractivity contribution is 5.92. The maximum Gasteiger partial charge on any atom is 0.273 e. The summed E-state index contributed by atoms with van der Waals surface area (Å²) in [6.07, 6.45) is 3.01. The molecule has 2 aromatic heterocycles. The minimum atomic E-state index is -0.354. The Morgan fingerprint density at radius 1 is 1.17 bits per heavy atom. The summed E-state index contributed by atoms with van der Waals surface area (Å²) in [5.74, 6) is 0.732. The first-order valence-corrected chi connectivity index (χ1v) is 9.11. The van der Waals surface area contributed by atoms with Crippen LogP contribution in [0.15, 0.2) is 71.5 Å². The predicted molar refractivity (Wildman–Crippen MR) is 107 cm³/mol. The largest absolute Gasteiger partial charge is 0.508 e. The number of benzene rings is 2. The second-order valence-corrected chi connectivity index (χ2v) is 6.53. The predicted octanol–water partition coefficient (Wildman–Crippen LogP) is 4.00. The molecule has 0 radical (unpaired) electrons. The number of amides is 1. The summed E-state index contributed by atoms with van der Waals surface area (Å²) < 4.78 is 11.2. The SMILES string of the molecule is C[C@@H](NC(=O)c1coc(COc2cccc3cccnc23)n1)c1ccc(O)cc1. The summed E-state index contributed by atoms with van der Waals surface area (Å²) in [6.45, 7) is 1.93. The van der Waals surface area contributed by atoms with Crippen molar-refractivity contribution in [2.24, 2.45) is 0 Å². The third-order valence-corrected chi connectivity index (χ3v) is 4.47. The van der Waals surface area contributed by atoms with Crippen LogP contribution in [0.4, 0.5) is 0 Å². The summed E-state index contributed by atoms with van der Waals surface area (Å²) in [5, 5.41) is 13.2. The van der Waals surface area contributed by atoms with E-state index >= 15 is 0 Å². The highest BCUT2D eigenvalue weighted by Crippen LogP contribution is 2.24. The van der Waals surface area contributed by atoms with Crippen molar-refractivity contribution in [3.8, 4) is 11.5 Å². The number of oxazole rings is 1. The molecule has 0 aliphatic heterocycles. The van der Waals surface area contributed by atoms with E-state index in [-0.39, 0.29) is 30.0 Å². The molecule has 0 fully saturated rings. The fourth-order valence-corrected chi connectivity index (χ4v) is 2.93. The van der Waals surface area contributed by atoms with Gasteiger partial charge in [-0.05, 0) is 36.8 Å². The highest BCUT2D eigenvalue weighted by atomic mass is 16.5. The standard InChI is InChI=1S/C22H19N3O4/c1-14(15-7-9-17(26)10-8-15)24-22(27)18-12-29-20(25-18)13-28-19-6-2-4-16-5-3-11-23-21(16)19/h2-12,14,26H,13H2,1H3,(H,24,27)/t14-/m1/s1. The van der Waals surface area contributed by atoms with Crippen LogP contribution in [-0.2, 0) is 6.61 Å². The second kappa shape index (κ2) is 8.02. The van der Waals surface area contributed by atoms with E-state index < -0.39 is 0 Å². The fraction of sp³-hybridized carbons (Fsp3) is 0.136. The Hall–Kier alpha value is -3.87. The van der Waals surface area contributed by atoms with E-state index in [0.717, 1.165) is 16.5 Å². The van der Waals surface area contributed by atoms with Crippen molar-refractivity contribution in [3.63, 3.8) is 0 Å². The van der Waals surface area contributed by atoms with Gasteiger partial charge < -0.3 is 19.6 Å². The molecule has 2 aromatic carbocycles. The molecule has 4 rings (SSSR count). The normalized spacial score (nSPS) is 11.9. The topological polar surface area (TPSA) is 97.5 Å². The Kier molecular flexibility index (Phi) is 5.11. The van der Waals surface area contributed by atoms with E-state index in [2.05, 4.69) is 15.3 Å². The minimum absolute atomic E-state index is 0.0798. The lowest BCUT2D eigenvalue weighted by Crippen LogP contribution is -2.26. The molecule has 7 heteroatoms. The maximum atomic E-state index is 12.4. The second-order valence-electron chi connectivity index (χ2n) is 6.53. The van der Waals surface area contributed by atoms with Gasteiger partial charge in [0.2, 0.25) is 5.89 Å². The lowest BCUT2D eigenvalue weighted by Gasteiger charge is -2.13. The Bertz CT molecular complexity index is 1130. The number of rotatable bonds is 6. The first-order chi connectivity index (χ1) is 14.1. The lowest BCUT2D eigenvalue weighted by molar-refractivity contribution is 0.0934. The van der Waals surface area contributed by atoms with Crippen LogP contribution >= 0.6 is 0 Å². The molecule has 0 bridgehead atoms. The van der Waals surface area contributed by atoms with Crippen LogP contribution in [0.3, 0.4) is 0 Å². The minimum Gasteiger partial charge on any atom is -0.508 e. The Balaban J connectivity index is 1.40. The molecule has 4 aromatic rings. The number of carbonyl (C=O) groups is 1. The molecule has 2 heterocycles. The first-order valence-electron chi connectivity index (χ1n) is 9.11. The summed E-state index contributed by atoms with van der Waals surface area (Å²) >= 11 is 0. The van der Waals surface area contributed by atoms with Gasteiger partial charge in [-0.15, -0.1) is 0 Å². The van der Waals surface area contributed by atoms with Crippen molar-refractivity contribution in [2.45, 2.75) is 19.6 Å². The number of para-hydroxylation sites is 1. The van der Waals surface area contributed by atoms with Gasteiger partial charge in [0, 0.05) is 11.6 Å². The number of carbonyl (C=O) groups excluding carboxylic acids is 1. The molecule has 7 nitrogen and oxygen atoms in total. The number of nitrogens with one attached hydrogen (secondary N) is 1. The van der Waals surface area contributed by atoms with E-state index in [1.54, 1.807) is 30.5 Å². The molecular weight excluding hydrogens is 370 g/mol. The summed E-state index contributed by atoms with van der Waals surface area (Å²) in [4.78, 5) is 21.0. The van der Waals surface area contributed by atoms with E-state index in [1.165, 1.54) is 6.26 Å².